The van der Waals surface area contributed by atoms with Gasteiger partial charge >= 0.3 is 0 Å². The monoisotopic (exact) mass is 275 g/mol. The quantitative estimate of drug-likeness (QED) is 0.664. The second kappa shape index (κ2) is 7.83. The van der Waals surface area contributed by atoms with Gasteiger partial charge in [-0.3, -0.25) is 0 Å². The Morgan fingerprint density at radius 3 is 2.10 bits per heavy atom. The molecule has 20 heavy (non-hydrogen) atoms. The van der Waals surface area contributed by atoms with Crippen molar-refractivity contribution in [2.24, 2.45) is 5.92 Å². The van der Waals surface area contributed by atoms with Gasteiger partial charge in [0.05, 0.1) is 0 Å². The molecule has 0 heterocycles. The summed E-state index contributed by atoms with van der Waals surface area (Å²) in [5.74, 6) is 0.769. The van der Waals surface area contributed by atoms with E-state index in [0.717, 1.165) is 12.5 Å². The molecule has 2 atom stereocenters. The summed E-state index contributed by atoms with van der Waals surface area (Å²) in [5, 5.41) is 3.64. The summed E-state index contributed by atoms with van der Waals surface area (Å²) in [5.41, 5.74) is 3.16. The second-order valence-corrected chi connectivity index (χ2v) is 6.72. The fraction of sp³-hybridized carbons (Fsp3) is 0.684. The van der Waals surface area contributed by atoms with E-state index in [1.54, 1.807) is 0 Å². The second-order valence-electron chi connectivity index (χ2n) is 6.72. The van der Waals surface area contributed by atoms with Crippen LogP contribution in [0, 0.1) is 5.92 Å². The Balaban J connectivity index is 2.87. The van der Waals surface area contributed by atoms with Crippen LogP contribution in [0.25, 0.3) is 0 Å². The largest absolute Gasteiger partial charge is 0.310 e. The summed E-state index contributed by atoms with van der Waals surface area (Å²) in [7, 11) is 0. The highest BCUT2D eigenvalue weighted by Crippen LogP contribution is 2.29. The summed E-state index contributed by atoms with van der Waals surface area (Å²) >= 11 is 0. The van der Waals surface area contributed by atoms with E-state index in [1.165, 1.54) is 30.4 Å². The molecule has 0 spiro atoms. The summed E-state index contributed by atoms with van der Waals surface area (Å²) in [6, 6.07) is 9.78. The molecule has 0 bridgehead atoms. The minimum atomic E-state index is 0.281. The zero-order valence-corrected chi connectivity index (χ0v) is 14.3. The van der Waals surface area contributed by atoms with Gasteiger partial charge in [-0.15, -0.1) is 0 Å². The zero-order valence-electron chi connectivity index (χ0n) is 14.3. The molecule has 0 aliphatic carbocycles. The lowest BCUT2D eigenvalue weighted by Crippen LogP contribution is -2.23. The topological polar surface area (TPSA) is 12.0 Å². The Kier molecular flexibility index (Phi) is 6.75. The van der Waals surface area contributed by atoms with Gasteiger partial charge in [-0.05, 0) is 41.8 Å². The van der Waals surface area contributed by atoms with E-state index in [1.807, 2.05) is 0 Å². The van der Waals surface area contributed by atoms with Crippen molar-refractivity contribution >= 4 is 0 Å². The predicted octanol–water partition coefficient (Wildman–Crippen LogP) is 5.46. The van der Waals surface area contributed by atoms with Crippen molar-refractivity contribution in [3.63, 3.8) is 0 Å². The SMILES string of the molecule is CCNC(CC(C)CC)c1ccc(C(C)(C)CC)cc1. The molecule has 0 aromatic heterocycles. The van der Waals surface area contributed by atoms with Crippen LogP contribution in [0.2, 0.25) is 0 Å². The van der Waals surface area contributed by atoms with E-state index in [2.05, 4.69) is 71.1 Å². The summed E-state index contributed by atoms with van der Waals surface area (Å²) in [6.45, 7) is 14.8. The maximum absolute atomic E-state index is 3.64. The van der Waals surface area contributed by atoms with Crippen molar-refractivity contribution in [2.45, 2.75) is 72.3 Å². The van der Waals surface area contributed by atoms with Gasteiger partial charge in [0.15, 0.2) is 0 Å². The number of rotatable bonds is 8. The van der Waals surface area contributed by atoms with Crippen LogP contribution in [0.4, 0.5) is 0 Å². The third-order valence-electron chi connectivity index (χ3n) is 4.76. The van der Waals surface area contributed by atoms with Gasteiger partial charge in [-0.25, -0.2) is 0 Å². The highest BCUT2D eigenvalue weighted by molar-refractivity contribution is 5.29. The van der Waals surface area contributed by atoms with Crippen molar-refractivity contribution < 1.29 is 0 Å². The smallest absolute Gasteiger partial charge is 0.0322 e. The molecule has 2 unspecified atom stereocenters. The van der Waals surface area contributed by atoms with Crippen molar-refractivity contribution in [3.05, 3.63) is 35.4 Å². The Labute approximate surface area is 126 Å². The Morgan fingerprint density at radius 1 is 1.05 bits per heavy atom. The Bertz CT molecular complexity index is 377. The molecule has 1 heteroatoms. The molecule has 1 N–H and O–H groups in total. The molecular weight excluding hydrogens is 242 g/mol. The number of hydrogen-bond acceptors (Lipinski definition) is 1. The molecule has 1 nitrogen and oxygen atoms in total. The van der Waals surface area contributed by atoms with Crippen LogP contribution in [0.15, 0.2) is 24.3 Å². The van der Waals surface area contributed by atoms with E-state index in [9.17, 15) is 0 Å². The molecule has 0 saturated heterocycles. The van der Waals surface area contributed by atoms with Crippen LogP contribution in [0.5, 0.6) is 0 Å². The maximum atomic E-state index is 3.64. The molecule has 114 valence electrons. The lowest BCUT2D eigenvalue weighted by Gasteiger charge is -2.25. The molecular formula is C19H33N. The molecule has 0 saturated carbocycles. The summed E-state index contributed by atoms with van der Waals surface area (Å²) in [6.07, 6.45) is 3.65. The lowest BCUT2D eigenvalue weighted by molar-refractivity contribution is 0.408. The first-order chi connectivity index (χ1) is 9.44. The van der Waals surface area contributed by atoms with Gasteiger partial charge in [0.2, 0.25) is 0 Å². The molecule has 1 aromatic carbocycles. The molecule has 0 amide bonds. The van der Waals surface area contributed by atoms with Crippen molar-refractivity contribution in [2.75, 3.05) is 6.54 Å². The van der Waals surface area contributed by atoms with Gasteiger partial charge in [-0.2, -0.15) is 0 Å². The van der Waals surface area contributed by atoms with Crippen LogP contribution in [0.1, 0.15) is 78.0 Å². The van der Waals surface area contributed by atoms with Gasteiger partial charge in [0.25, 0.3) is 0 Å². The molecule has 1 rings (SSSR count). The van der Waals surface area contributed by atoms with Crippen molar-refractivity contribution in [3.8, 4) is 0 Å². The van der Waals surface area contributed by atoms with Crippen molar-refractivity contribution in [1.29, 1.82) is 0 Å². The van der Waals surface area contributed by atoms with Crippen LogP contribution in [0.3, 0.4) is 0 Å². The van der Waals surface area contributed by atoms with Crippen LogP contribution in [-0.2, 0) is 5.41 Å². The molecule has 0 fully saturated rings. The third kappa shape index (κ3) is 4.63. The first-order valence-corrected chi connectivity index (χ1v) is 8.28. The number of hydrogen-bond donors (Lipinski definition) is 1. The summed E-state index contributed by atoms with van der Waals surface area (Å²) in [4.78, 5) is 0. The van der Waals surface area contributed by atoms with Gasteiger partial charge < -0.3 is 5.32 Å². The third-order valence-corrected chi connectivity index (χ3v) is 4.76. The first-order valence-electron chi connectivity index (χ1n) is 8.28. The summed E-state index contributed by atoms with van der Waals surface area (Å²) < 4.78 is 0. The fourth-order valence-electron chi connectivity index (χ4n) is 2.52. The molecule has 0 aliphatic heterocycles. The number of nitrogens with one attached hydrogen (secondary N) is 1. The molecule has 0 aliphatic rings. The Hall–Kier alpha value is -0.820. The lowest BCUT2D eigenvalue weighted by atomic mass is 9.81. The Morgan fingerprint density at radius 2 is 1.65 bits per heavy atom. The minimum absolute atomic E-state index is 0.281. The van der Waals surface area contributed by atoms with E-state index in [0.29, 0.717) is 6.04 Å². The first kappa shape index (κ1) is 17.2. The van der Waals surface area contributed by atoms with Crippen LogP contribution in [-0.4, -0.2) is 6.54 Å². The number of benzene rings is 1. The zero-order chi connectivity index (χ0) is 15.2. The van der Waals surface area contributed by atoms with Gasteiger partial charge in [0, 0.05) is 6.04 Å². The van der Waals surface area contributed by atoms with E-state index >= 15 is 0 Å². The maximum Gasteiger partial charge on any atom is 0.0322 e. The van der Waals surface area contributed by atoms with Crippen LogP contribution < -0.4 is 5.32 Å². The van der Waals surface area contributed by atoms with Crippen LogP contribution >= 0.6 is 0 Å². The highest BCUT2D eigenvalue weighted by atomic mass is 14.9. The van der Waals surface area contributed by atoms with Crippen molar-refractivity contribution in [1.82, 2.24) is 5.32 Å². The minimum Gasteiger partial charge on any atom is -0.310 e. The fourth-order valence-corrected chi connectivity index (χ4v) is 2.52. The van der Waals surface area contributed by atoms with Gasteiger partial charge in [-0.1, -0.05) is 72.2 Å². The molecule has 1 aromatic rings. The standard InChI is InChI=1S/C19H33N/c1-7-15(4)14-18(20-9-3)16-10-12-17(13-11-16)19(5,6)8-2/h10-13,15,18,20H,7-9,14H2,1-6H3. The van der Waals surface area contributed by atoms with Gasteiger partial charge in [0.1, 0.15) is 0 Å². The average molecular weight is 275 g/mol. The van der Waals surface area contributed by atoms with E-state index in [4.69, 9.17) is 0 Å². The van der Waals surface area contributed by atoms with E-state index < -0.39 is 0 Å². The normalized spacial score (nSPS) is 15.1. The predicted molar refractivity (Wildman–Crippen MR) is 90.2 cm³/mol. The molecule has 0 radical (unpaired) electrons. The highest BCUT2D eigenvalue weighted by Gasteiger charge is 2.19. The average Bonchev–Trinajstić information content (AvgIpc) is 2.46. The van der Waals surface area contributed by atoms with E-state index in [-0.39, 0.29) is 5.41 Å².